The van der Waals surface area contributed by atoms with Crippen LogP contribution in [0.25, 0.3) is 0 Å². The van der Waals surface area contributed by atoms with Crippen molar-refractivity contribution in [2.24, 2.45) is 0 Å². The molecule has 6 heteroatoms. The Morgan fingerprint density at radius 2 is 2.00 bits per heavy atom. The number of thioether (sulfide) groups is 1. The molecule has 0 radical (unpaired) electrons. The van der Waals surface area contributed by atoms with Crippen LogP contribution < -0.4 is 0 Å². The van der Waals surface area contributed by atoms with Crippen LogP contribution in [0.1, 0.15) is 32.3 Å². The highest BCUT2D eigenvalue weighted by atomic mass is 32.2. The van der Waals surface area contributed by atoms with E-state index in [1.165, 1.54) is 11.8 Å². The molecule has 1 aromatic carbocycles. The van der Waals surface area contributed by atoms with Crippen LogP contribution in [0.3, 0.4) is 0 Å². The number of hydrogen-bond acceptors (Lipinski definition) is 4. The zero-order chi connectivity index (χ0) is 16.3. The summed E-state index contributed by atoms with van der Waals surface area (Å²) in [6.45, 7) is 3.50. The molecular weight excluding hydrogens is 302 g/mol. The van der Waals surface area contributed by atoms with Gasteiger partial charge in [-0.2, -0.15) is 0 Å². The molecule has 1 fully saturated rings. The molecule has 0 saturated carbocycles. The van der Waals surface area contributed by atoms with Crippen molar-refractivity contribution in [3.05, 3.63) is 35.9 Å². The van der Waals surface area contributed by atoms with E-state index in [4.69, 9.17) is 0 Å². The lowest BCUT2D eigenvalue weighted by molar-refractivity contribution is -0.158. The number of amides is 1. The van der Waals surface area contributed by atoms with Crippen LogP contribution in [-0.2, 0) is 19.9 Å². The summed E-state index contributed by atoms with van der Waals surface area (Å²) in [6.07, 6.45) is 0.474. The van der Waals surface area contributed by atoms with Crippen LogP contribution in [0.2, 0.25) is 0 Å². The topological polar surface area (TPSA) is 74.7 Å². The van der Waals surface area contributed by atoms with Crippen molar-refractivity contribution in [2.75, 3.05) is 6.54 Å². The predicted octanol–water partition coefficient (Wildman–Crippen LogP) is 2.26. The Balaban J connectivity index is 2.41. The normalized spacial score (nSPS) is 20.7. The Labute approximate surface area is 133 Å². The van der Waals surface area contributed by atoms with Crippen molar-refractivity contribution >= 4 is 28.8 Å². The largest absolute Gasteiger partial charge is 0.479 e. The van der Waals surface area contributed by atoms with Gasteiger partial charge in [-0.15, -0.1) is 0 Å². The van der Waals surface area contributed by atoms with Crippen LogP contribution in [0.15, 0.2) is 30.3 Å². The lowest BCUT2D eigenvalue weighted by Gasteiger charge is -2.38. The molecule has 5 nitrogen and oxygen atoms in total. The first-order chi connectivity index (χ1) is 10.4. The van der Waals surface area contributed by atoms with Crippen molar-refractivity contribution in [1.82, 2.24) is 4.90 Å². The van der Waals surface area contributed by atoms with E-state index < -0.39 is 11.5 Å². The van der Waals surface area contributed by atoms with Gasteiger partial charge in [0.25, 0.3) is 0 Å². The molecule has 2 unspecified atom stereocenters. The number of hydrogen-bond donors (Lipinski definition) is 1. The first-order valence-corrected chi connectivity index (χ1v) is 8.06. The van der Waals surface area contributed by atoms with E-state index >= 15 is 0 Å². The highest BCUT2D eigenvalue weighted by molar-refractivity contribution is 8.14. The number of carbonyl (C=O) groups is 3. The minimum Gasteiger partial charge on any atom is -0.479 e. The Morgan fingerprint density at radius 1 is 1.36 bits per heavy atom. The third-order valence-electron chi connectivity index (χ3n) is 4.00. The fraction of sp³-hybridized carbons (Fsp3) is 0.438. The molecule has 0 aliphatic carbocycles. The van der Waals surface area contributed by atoms with Gasteiger partial charge >= 0.3 is 5.97 Å². The molecule has 0 spiro atoms. The predicted molar refractivity (Wildman–Crippen MR) is 84.4 cm³/mol. The molecule has 0 aromatic heterocycles. The number of likely N-dealkylation sites (tertiary alicyclic amines) is 1. The highest BCUT2D eigenvalue weighted by Gasteiger charge is 2.50. The smallest absolute Gasteiger partial charge is 0.334 e. The second-order valence-corrected chi connectivity index (χ2v) is 6.80. The van der Waals surface area contributed by atoms with Crippen LogP contribution in [-0.4, -0.2) is 38.8 Å². The van der Waals surface area contributed by atoms with Gasteiger partial charge < -0.3 is 10.0 Å². The number of carboxylic acids is 1. The maximum Gasteiger partial charge on any atom is 0.334 e. The van der Waals surface area contributed by atoms with E-state index in [-0.39, 0.29) is 35.7 Å². The fourth-order valence-corrected chi connectivity index (χ4v) is 3.93. The summed E-state index contributed by atoms with van der Waals surface area (Å²) in [7, 11) is 0. The van der Waals surface area contributed by atoms with E-state index in [0.717, 1.165) is 11.8 Å². The number of nitrogens with zero attached hydrogens (tertiary/aromatic N) is 1. The number of aliphatic carboxylic acids is 1. The Hall–Kier alpha value is -1.82. The van der Waals surface area contributed by atoms with Gasteiger partial charge in [-0.1, -0.05) is 49.0 Å². The van der Waals surface area contributed by atoms with Crippen LogP contribution in [0, 0.1) is 0 Å². The van der Waals surface area contributed by atoms with Gasteiger partial charge in [-0.05, 0) is 12.0 Å². The third kappa shape index (κ3) is 2.88. The summed E-state index contributed by atoms with van der Waals surface area (Å²) >= 11 is 1.11. The SMILES string of the molecule is CCC(C(=O)O)(c1ccccc1)N1CC(SC(C)=O)CC1=O. The molecule has 118 valence electrons. The average Bonchev–Trinajstić information content (AvgIpc) is 2.81. The monoisotopic (exact) mass is 321 g/mol. The summed E-state index contributed by atoms with van der Waals surface area (Å²) in [4.78, 5) is 37.1. The zero-order valence-corrected chi connectivity index (χ0v) is 13.4. The molecule has 0 bridgehead atoms. The van der Waals surface area contributed by atoms with Crippen LogP contribution in [0.5, 0.6) is 0 Å². The van der Waals surface area contributed by atoms with Crippen molar-refractivity contribution in [2.45, 2.75) is 37.5 Å². The zero-order valence-electron chi connectivity index (χ0n) is 12.6. The first-order valence-electron chi connectivity index (χ1n) is 7.18. The van der Waals surface area contributed by atoms with E-state index in [1.54, 1.807) is 31.2 Å². The molecule has 1 heterocycles. The van der Waals surface area contributed by atoms with E-state index in [1.807, 2.05) is 6.07 Å². The van der Waals surface area contributed by atoms with Gasteiger partial charge in [0.15, 0.2) is 10.7 Å². The first kappa shape index (κ1) is 16.5. The van der Waals surface area contributed by atoms with E-state index in [2.05, 4.69) is 0 Å². The molecule has 1 N–H and O–H groups in total. The summed E-state index contributed by atoms with van der Waals surface area (Å²) in [6, 6.07) is 8.81. The van der Waals surface area contributed by atoms with Crippen molar-refractivity contribution < 1.29 is 19.5 Å². The van der Waals surface area contributed by atoms with Gasteiger partial charge in [-0.25, -0.2) is 4.79 Å². The quantitative estimate of drug-likeness (QED) is 0.900. The minimum absolute atomic E-state index is 0.0585. The Morgan fingerprint density at radius 3 is 2.50 bits per heavy atom. The lowest BCUT2D eigenvalue weighted by atomic mass is 9.85. The average molecular weight is 321 g/mol. The van der Waals surface area contributed by atoms with E-state index in [0.29, 0.717) is 5.56 Å². The summed E-state index contributed by atoms with van der Waals surface area (Å²) in [5.41, 5.74) is -0.781. The fourth-order valence-electron chi connectivity index (χ4n) is 3.01. The molecule has 22 heavy (non-hydrogen) atoms. The maximum absolute atomic E-state index is 12.4. The van der Waals surface area contributed by atoms with Gasteiger partial charge in [0.2, 0.25) is 5.91 Å². The number of carboxylic acid groups (broad SMARTS) is 1. The van der Waals surface area contributed by atoms with Gasteiger partial charge in [0.05, 0.1) is 0 Å². The van der Waals surface area contributed by atoms with Crippen molar-refractivity contribution in [3.8, 4) is 0 Å². The second kappa shape index (κ2) is 6.52. The molecule has 1 aromatic rings. The Kier molecular flexibility index (Phi) is 4.90. The summed E-state index contributed by atoms with van der Waals surface area (Å²) < 4.78 is 0. The molecule has 2 rings (SSSR count). The molecule has 1 aliphatic heterocycles. The van der Waals surface area contributed by atoms with E-state index in [9.17, 15) is 19.5 Å². The second-order valence-electron chi connectivity index (χ2n) is 5.32. The Bertz CT molecular complexity index is 589. The summed E-state index contributed by atoms with van der Waals surface area (Å²) in [5.74, 6) is -1.25. The number of benzene rings is 1. The van der Waals surface area contributed by atoms with Crippen LogP contribution in [0.4, 0.5) is 0 Å². The lowest BCUT2D eigenvalue weighted by Crippen LogP contribution is -2.52. The van der Waals surface area contributed by atoms with Crippen molar-refractivity contribution in [3.63, 3.8) is 0 Å². The van der Waals surface area contributed by atoms with Gasteiger partial charge in [0, 0.05) is 25.1 Å². The molecule has 1 amide bonds. The van der Waals surface area contributed by atoms with Gasteiger partial charge in [0.1, 0.15) is 0 Å². The maximum atomic E-state index is 12.4. The number of carbonyl (C=O) groups excluding carboxylic acids is 2. The summed E-state index contributed by atoms with van der Waals surface area (Å²) in [5, 5.41) is 9.62. The van der Waals surface area contributed by atoms with Gasteiger partial charge in [-0.3, -0.25) is 9.59 Å². The van der Waals surface area contributed by atoms with Crippen LogP contribution >= 0.6 is 11.8 Å². The van der Waals surface area contributed by atoms with Crippen molar-refractivity contribution in [1.29, 1.82) is 0 Å². The molecule has 1 aliphatic rings. The minimum atomic E-state index is -1.37. The molecule has 2 atom stereocenters. The standard InChI is InChI=1S/C16H19NO4S/c1-3-16(15(20)21,12-7-5-4-6-8-12)17-10-13(9-14(17)19)22-11(2)18/h4-8,13H,3,9-10H2,1-2H3,(H,20,21). The molecular formula is C16H19NO4S. The number of rotatable bonds is 5. The highest BCUT2D eigenvalue weighted by Crippen LogP contribution is 2.38. The molecule has 1 saturated heterocycles. The third-order valence-corrected chi connectivity index (χ3v) is 4.98.